The Kier molecular flexibility index (Phi) is 4.34. The smallest absolute Gasteiger partial charge is 0.240 e. The van der Waals surface area contributed by atoms with E-state index in [4.69, 9.17) is 0 Å². The van der Waals surface area contributed by atoms with Gasteiger partial charge in [0, 0.05) is 5.69 Å². The maximum absolute atomic E-state index is 13.3. The Balaban J connectivity index is 1.67. The first kappa shape index (κ1) is 16.6. The Bertz CT molecular complexity index is 929. The van der Waals surface area contributed by atoms with E-state index in [0.717, 1.165) is 11.3 Å². The van der Waals surface area contributed by atoms with E-state index in [1.807, 2.05) is 37.3 Å². The van der Waals surface area contributed by atoms with Crippen LogP contribution in [0.5, 0.6) is 0 Å². The predicted octanol–water partition coefficient (Wildman–Crippen LogP) is 3.12. The minimum Gasteiger partial charge on any atom is -0.325 e. The van der Waals surface area contributed by atoms with Gasteiger partial charge in [0.15, 0.2) is 0 Å². The number of hydrogen-bond donors (Lipinski definition) is 2. The lowest BCUT2D eigenvalue weighted by Gasteiger charge is -2.32. The first-order valence-corrected chi connectivity index (χ1v) is 8.96. The largest absolute Gasteiger partial charge is 0.325 e. The second kappa shape index (κ2) is 6.80. The first-order chi connectivity index (χ1) is 12.6. The number of rotatable bonds is 3. The molecular weight excluding hydrogens is 353 g/mol. The number of aryl methyl sites for hydroxylation is 1. The molecule has 0 aliphatic carbocycles. The summed E-state index contributed by atoms with van der Waals surface area (Å²) in [7, 11) is 0. The summed E-state index contributed by atoms with van der Waals surface area (Å²) in [6.45, 7) is 1.83. The second-order valence-corrected chi connectivity index (χ2v) is 7.03. The topological polar surface area (TPSA) is 71.8 Å². The summed E-state index contributed by atoms with van der Waals surface area (Å²) >= 11 is 1.33. The van der Waals surface area contributed by atoms with Gasteiger partial charge in [-0.25, -0.2) is 9.07 Å². The van der Waals surface area contributed by atoms with Crippen LogP contribution in [0.3, 0.4) is 0 Å². The number of aromatic nitrogens is 3. The third-order valence-corrected chi connectivity index (χ3v) is 5.34. The standard InChI is InChI=1S/C18H16FN5OS/c1-11-21-22-18-24(11)23-15(12-7-9-13(19)10-8-12)16(26-18)17(25)20-14-5-3-2-4-6-14/h2-10,15-16,23H,1H3,(H,20,25)/t15-,16-/m1/s1. The van der Waals surface area contributed by atoms with Crippen molar-refractivity contribution in [3.8, 4) is 0 Å². The van der Waals surface area contributed by atoms with E-state index >= 15 is 0 Å². The van der Waals surface area contributed by atoms with Crippen LogP contribution in [0.2, 0.25) is 0 Å². The lowest BCUT2D eigenvalue weighted by atomic mass is 10.0. The van der Waals surface area contributed by atoms with Crippen LogP contribution in [-0.4, -0.2) is 26.0 Å². The molecular formula is C18H16FN5OS. The van der Waals surface area contributed by atoms with Crippen LogP contribution in [-0.2, 0) is 4.79 Å². The van der Waals surface area contributed by atoms with Crippen molar-refractivity contribution >= 4 is 23.4 Å². The summed E-state index contributed by atoms with van der Waals surface area (Å²) in [5.41, 5.74) is 4.82. The summed E-state index contributed by atoms with van der Waals surface area (Å²) < 4.78 is 15.1. The number of halogens is 1. The summed E-state index contributed by atoms with van der Waals surface area (Å²) in [5, 5.41) is 11.2. The Hall–Kier alpha value is -2.87. The molecule has 0 unspecified atom stereocenters. The maximum atomic E-state index is 13.3. The minimum atomic E-state index is -0.489. The highest BCUT2D eigenvalue weighted by atomic mass is 32.2. The quantitative estimate of drug-likeness (QED) is 0.742. The molecule has 2 aromatic carbocycles. The molecule has 6 nitrogen and oxygen atoms in total. The van der Waals surface area contributed by atoms with Crippen LogP contribution in [0.15, 0.2) is 59.8 Å². The summed E-state index contributed by atoms with van der Waals surface area (Å²) in [5.74, 6) is 0.222. The number of carbonyl (C=O) groups is 1. The van der Waals surface area contributed by atoms with E-state index in [-0.39, 0.29) is 17.8 Å². The van der Waals surface area contributed by atoms with Crippen molar-refractivity contribution in [2.75, 3.05) is 10.7 Å². The number of anilines is 1. The number of nitrogens with one attached hydrogen (secondary N) is 2. The van der Waals surface area contributed by atoms with Gasteiger partial charge in [-0.05, 0) is 36.8 Å². The third-order valence-electron chi connectivity index (χ3n) is 4.13. The number of carbonyl (C=O) groups excluding carboxylic acids is 1. The molecule has 1 aliphatic heterocycles. The Labute approximate surface area is 153 Å². The molecule has 1 amide bonds. The molecule has 0 bridgehead atoms. The number of amides is 1. The molecule has 0 saturated carbocycles. The number of para-hydroxylation sites is 1. The molecule has 2 N–H and O–H groups in total. The highest BCUT2D eigenvalue weighted by Gasteiger charge is 2.37. The van der Waals surface area contributed by atoms with Crippen LogP contribution in [0.25, 0.3) is 0 Å². The zero-order chi connectivity index (χ0) is 18.1. The highest BCUT2D eigenvalue weighted by Crippen LogP contribution is 2.37. The molecule has 0 radical (unpaired) electrons. The summed E-state index contributed by atoms with van der Waals surface area (Å²) in [6.07, 6.45) is 0. The molecule has 3 aromatic rings. The van der Waals surface area contributed by atoms with Crippen molar-refractivity contribution in [2.45, 2.75) is 23.4 Å². The summed E-state index contributed by atoms with van der Waals surface area (Å²) in [4.78, 5) is 12.9. The monoisotopic (exact) mass is 369 g/mol. The lowest BCUT2D eigenvalue weighted by molar-refractivity contribution is -0.116. The molecule has 0 fully saturated rings. The van der Waals surface area contributed by atoms with E-state index in [0.29, 0.717) is 11.0 Å². The second-order valence-electron chi connectivity index (χ2n) is 5.92. The molecule has 26 heavy (non-hydrogen) atoms. The van der Waals surface area contributed by atoms with Crippen LogP contribution >= 0.6 is 11.8 Å². The molecule has 2 heterocycles. The number of benzene rings is 2. The van der Waals surface area contributed by atoms with Gasteiger partial charge >= 0.3 is 0 Å². The van der Waals surface area contributed by atoms with Gasteiger partial charge in [0.2, 0.25) is 11.1 Å². The minimum absolute atomic E-state index is 0.157. The van der Waals surface area contributed by atoms with Gasteiger partial charge in [-0.3, -0.25) is 4.79 Å². The van der Waals surface area contributed by atoms with Gasteiger partial charge in [-0.2, -0.15) is 0 Å². The van der Waals surface area contributed by atoms with Gasteiger partial charge in [0.05, 0.1) is 6.04 Å². The van der Waals surface area contributed by atoms with Crippen molar-refractivity contribution in [3.05, 3.63) is 71.8 Å². The molecule has 8 heteroatoms. The van der Waals surface area contributed by atoms with Crippen LogP contribution < -0.4 is 10.7 Å². The highest BCUT2D eigenvalue weighted by molar-refractivity contribution is 8.00. The normalized spacial score (nSPS) is 18.7. The van der Waals surface area contributed by atoms with Crippen molar-refractivity contribution in [3.63, 3.8) is 0 Å². The van der Waals surface area contributed by atoms with Gasteiger partial charge in [0.1, 0.15) is 16.9 Å². The fraction of sp³-hybridized carbons (Fsp3) is 0.167. The average molecular weight is 369 g/mol. The number of hydrogen-bond acceptors (Lipinski definition) is 5. The predicted molar refractivity (Wildman–Crippen MR) is 98.0 cm³/mol. The van der Waals surface area contributed by atoms with Crippen LogP contribution in [0, 0.1) is 12.7 Å². The molecule has 1 aliphatic rings. The van der Waals surface area contributed by atoms with Gasteiger partial charge in [-0.1, -0.05) is 42.1 Å². The average Bonchev–Trinajstić information content (AvgIpc) is 3.02. The molecule has 2 atom stereocenters. The lowest BCUT2D eigenvalue weighted by Crippen LogP contribution is -2.41. The molecule has 0 saturated heterocycles. The zero-order valence-electron chi connectivity index (χ0n) is 13.9. The Morgan fingerprint density at radius 3 is 2.62 bits per heavy atom. The number of nitrogens with zero attached hydrogens (tertiary/aromatic N) is 3. The van der Waals surface area contributed by atoms with Crippen molar-refractivity contribution < 1.29 is 9.18 Å². The molecule has 0 spiro atoms. The first-order valence-electron chi connectivity index (χ1n) is 8.08. The molecule has 132 valence electrons. The van der Waals surface area contributed by atoms with E-state index in [1.54, 1.807) is 16.8 Å². The van der Waals surface area contributed by atoms with Gasteiger partial charge in [-0.15, -0.1) is 10.2 Å². The van der Waals surface area contributed by atoms with Gasteiger partial charge < -0.3 is 10.7 Å². The zero-order valence-corrected chi connectivity index (χ0v) is 14.7. The van der Waals surface area contributed by atoms with Crippen molar-refractivity contribution in [2.24, 2.45) is 0 Å². The van der Waals surface area contributed by atoms with E-state index < -0.39 is 5.25 Å². The van der Waals surface area contributed by atoms with Crippen molar-refractivity contribution in [1.82, 2.24) is 14.9 Å². The fourth-order valence-corrected chi connectivity index (χ4v) is 3.94. The van der Waals surface area contributed by atoms with E-state index in [2.05, 4.69) is 20.9 Å². The van der Waals surface area contributed by atoms with E-state index in [9.17, 15) is 9.18 Å². The van der Waals surface area contributed by atoms with Crippen molar-refractivity contribution in [1.29, 1.82) is 0 Å². The van der Waals surface area contributed by atoms with Crippen LogP contribution in [0.4, 0.5) is 10.1 Å². The van der Waals surface area contributed by atoms with E-state index in [1.165, 1.54) is 23.9 Å². The maximum Gasteiger partial charge on any atom is 0.240 e. The third kappa shape index (κ3) is 3.15. The Morgan fingerprint density at radius 1 is 1.15 bits per heavy atom. The Morgan fingerprint density at radius 2 is 1.88 bits per heavy atom. The SMILES string of the molecule is Cc1nnc2n1N[C@H](c1ccc(F)cc1)[C@H](C(=O)Nc1ccccc1)S2. The summed E-state index contributed by atoms with van der Waals surface area (Å²) in [6, 6.07) is 15.1. The van der Waals surface area contributed by atoms with Crippen LogP contribution in [0.1, 0.15) is 17.4 Å². The van der Waals surface area contributed by atoms with Gasteiger partial charge in [0.25, 0.3) is 0 Å². The fourth-order valence-electron chi connectivity index (χ4n) is 2.82. The molecule has 1 aromatic heterocycles. The number of thioether (sulfide) groups is 1. The molecule has 4 rings (SSSR count). The number of fused-ring (bicyclic) bond motifs is 1.